The Kier molecular flexibility index (Phi) is 16.0. The zero-order valence-electron chi connectivity index (χ0n) is 27.7. The molecule has 0 heterocycles. The van der Waals surface area contributed by atoms with E-state index in [2.05, 4.69) is 38.2 Å². The van der Waals surface area contributed by atoms with Crippen LogP contribution in [0.15, 0.2) is 24.3 Å². The summed E-state index contributed by atoms with van der Waals surface area (Å²) in [6, 6.07) is 0. The molecule has 4 fully saturated rings. The van der Waals surface area contributed by atoms with E-state index in [1.165, 1.54) is 141 Å². The van der Waals surface area contributed by atoms with Crippen molar-refractivity contribution in [2.24, 2.45) is 47.3 Å². The molecule has 0 bridgehead atoms. The summed E-state index contributed by atoms with van der Waals surface area (Å²) in [5.74, 6) is 7.86. The molecule has 4 aliphatic carbocycles. The second-order valence-electron chi connectivity index (χ2n) is 15.3. The summed E-state index contributed by atoms with van der Waals surface area (Å²) in [6.45, 7) is 6.26. The van der Waals surface area contributed by atoms with Crippen molar-refractivity contribution in [3.05, 3.63) is 24.3 Å². The van der Waals surface area contributed by atoms with Gasteiger partial charge in [-0.15, -0.1) is 0 Å². The maximum atomic E-state index is 5.98. The van der Waals surface area contributed by atoms with Gasteiger partial charge in [-0.2, -0.15) is 0 Å². The second-order valence-corrected chi connectivity index (χ2v) is 15.3. The van der Waals surface area contributed by atoms with Crippen molar-refractivity contribution in [3.8, 4) is 0 Å². The van der Waals surface area contributed by atoms with E-state index in [-0.39, 0.29) is 0 Å². The lowest BCUT2D eigenvalue weighted by molar-refractivity contribution is 0.142. The lowest BCUT2D eigenvalue weighted by Gasteiger charge is -2.38. The van der Waals surface area contributed by atoms with Gasteiger partial charge in [-0.05, 0) is 112 Å². The fourth-order valence-electron chi connectivity index (χ4n) is 9.73. The zero-order chi connectivity index (χ0) is 28.5. The predicted molar refractivity (Wildman–Crippen MR) is 179 cm³/mol. The number of unbranched alkanes of at least 4 members (excludes halogenated alkanes) is 4. The van der Waals surface area contributed by atoms with Gasteiger partial charge in [0.25, 0.3) is 0 Å². The van der Waals surface area contributed by atoms with Crippen LogP contribution in [0.1, 0.15) is 168 Å². The molecule has 0 spiro atoms. The molecule has 0 aromatic rings. The molecule has 0 N–H and O–H groups in total. The first-order chi connectivity index (χ1) is 20.2. The molecule has 0 aromatic heterocycles. The normalized spacial score (nSPS) is 35.4. The van der Waals surface area contributed by atoms with Crippen LogP contribution in [-0.4, -0.2) is 13.2 Å². The van der Waals surface area contributed by atoms with Crippen LogP contribution in [0.2, 0.25) is 0 Å². The first-order valence-corrected chi connectivity index (χ1v) is 19.2. The Balaban J connectivity index is 1.02. The Bertz CT molecular complexity index is 646. The summed E-state index contributed by atoms with van der Waals surface area (Å²) in [4.78, 5) is 0. The molecule has 4 atom stereocenters. The third-order valence-electron chi connectivity index (χ3n) is 12.3. The monoisotopic (exact) mass is 567 g/mol. The number of rotatable bonds is 16. The van der Waals surface area contributed by atoms with Crippen LogP contribution < -0.4 is 0 Å². The minimum Gasteiger partial charge on any atom is -0.373 e. The molecule has 4 rings (SSSR count). The number of hydrogen-bond donors (Lipinski definition) is 0. The van der Waals surface area contributed by atoms with E-state index in [0.29, 0.717) is 0 Å². The summed E-state index contributed by atoms with van der Waals surface area (Å²) in [6.07, 6.45) is 45.1. The van der Waals surface area contributed by atoms with Crippen molar-refractivity contribution in [2.45, 2.75) is 168 Å². The number of hydrogen-bond acceptors (Lipinski definition) is 1. The Labute approximate surface area is 257 Å². The molecule has 4 unspecified atom stereocenters. The standard InChI is InChI=1S/C40H70O/c1-3-5-7-13-35-15-9-19-39(31-35)37-25-21-33(22-26-37)17-11-29-41-30-12-18-34-23-27-38(28-24-34)40-20-10-16-36(32-40)14-8-6-4-2/h11-12,17-18,33-40H,3-10,13-16,19-32H2,1-2H3/b17-11+,18-12+. The SMILES string of the molecule is CCCCCC1CCCC(C2CCC(/C=C/COC/C=C/C3CCC(C4CCCC(CCCCC)C4)CC3)CC2)C1. The molecule has 0 saturated heterocycles. The lowest BCUT2D eigenvalue weighted by atomic mass is 9.68. The molecule has 1 nitrogen and oxygen atoms in total. The number of ether oxygens (including phenoxy) is 1. The zero-order valence-corrected chi connectivity index (χ0v) is 27.7. The maximum Gasteiger partial charge on any atom is 0.0651 e. The highest BCUT2D eigenvalue weighted by Gasteiger charge is 2.32. The quantitative estimate of drug-likeness (QED) is 0.133. The fraction of sp³-hybridized carbons (Fsp3) is 0.900. The van der Waals surface area contributed by atoms with Crippen molar-refractivity contribution < 1.29 is 4.74 Å². The maximum absolute atomic E-state index is 5.98. The highest BCUT2D eigenvalue weighted by Crippen LogP contribution is 2.44. The minimum atomic E-state index is 0.792. The largest absolute Gasteiger partial charge is 0.373 e. The van der Waals surface area contributed by atoms with Gasteiger partial charge in [-0.1, -0.05) is 128 Å². The molecule has 4 aliphatic rings. The van der Waals surface area contributed by atoms with Gasteiger partial charge in [0.05, 0.1) is 13.2 Å². The molecule has 0 aromatic carbocycles. The van der Waals surface area contributed by atoms with E-state index in [1.807, 2.05) is 0 Å². The van der Waals surface area contributed by atoms with Gasteiger partial charge in [0.1, 0.15) is 0 Å². The van der Waals surface area contributed by atoms with E-state index >= 15 is 0 Å². The molecular formula is C40H70O. The van der Waals surface area contributed by atoms with Gasteiger partial charge >= 0.3 is 0 Å². The topological polar surface area (TPSA) is 9.23 Å². The summed E-state index contributed by atoms with van der Waals surface area (Å²) < 4.78 is 5.98. The summed E-state index contributed by atoms with van der Waals surface area (Å²) in [5.41, 5.74) is 0. The first kappa shape index (κ1) is 33.3. The third kappa shape index (κ3) is 12.2. The van der Waals surface area contributed by atoms with Gasteiger partial charge in [0, 0.05) is 0 Å². The van der Waals surface area contributed by atoms with Gasteiger partial charge in [-0.25, -0.2) is 0 Å². The molecule has 0 aliphatic heterocycles. The molecule has 0 radical (unpaired) electrons. The van der Waals surface area contributed by atoms with E-state index in [0.717, 1.165) is 60.6 Å². The van der Waals surface area contributed by atoms with Crippen LogP contribution in [0.3, 0.4) is 0 Å². The molecular weight excluding hydrogens is 496 g/mol. The average molecular weight is 567 g/mol. The fourth-order valence-corrected chi connectivity index (χ4v) is 9.73. The summed E-state index contributed by atoms with van der Waals surface area (Å²) in [5, 5.41) is 0. The van der Waals surface area contributed by atoms with Crippen LogP contribution >= 0.6 is 0 Å². The van der Waals surface area contributed by atoms with Crippen molar-refractivity contribution >= 4 is 0 Å². The minimum absolute atomic E-state index is 0.792. The average Bonchev–Trinajstić information content (AvgIpc) is 3.02. The molecule has 0 amide bonds. The van der Waals surface area contributed by atoms with Gasteiger partial charge in [0.2, 0.25) is 0 Å². The van der Waals surface area contributed by atoms with E-state index < -0.39 is 0 Å². The highest BCUT2D eigenvalue weighted by molar-refractivity contribution is 4.95. The van der Waals surface area contributed by atoms with E-state index in [4.69, 9.17) is 4.74 Å². The second kappa shape index (κ2) is 19.7. The van der Waals surface area contributed by atoms with Crippen molar-refractivity contribution in [2.75, 3.05) is 13.2 Å². The smallest absolute Gasteiger partial charge is 0.0651 e. The third-order valence-corrected chi connectivity index (χ3v) is 12.3. The van der Waals surface area contributed by atoms with E-state index in [9.17, 15) is 0 Å². The Morgan fingerprint density at radius 3 is 1.34 bits per heavy atom. The molecule has 41 heavy (non-hydrogen) atoms. The Morgan fingerprint density at radius 2 is 0.927 bits per heavy atom. The van der Waals surface area contributed by atoms with Crippen molar-refractivity contribution in [1.29, 1.82) is 0 Å². The van der Waals surface area contributed by atoms with Crippen LogP contribution in [0.25, 0.3) is 0 Å². The van der Waals surface area contributed by atoms with Crippen LogP contribution in [-0.2, 0) is 4.74 Å². The van der Waals surface area contributed by atoms with Crippen molar-refractivity contribution in [3.63, 3.8) is 0 Å². The molecule has 1 heteroatoms. The Hall–Kier alpha value is -0.560. The summed E-state index contributed by atoms with van der Waals surface area (Å²) in [7, 11) is 0. The molecule has 4 saturated carbocycles. The van der Waals surface area contributed by atoms with Crippen LogP contribution in [0, 0.1) is 47.3 Å². The van der Waals surface area contributed by atoms with Gasteiger partial charge in [0.15, 0.2) is 0 Å². The predicted octanol–water partition coefficient (Wildman–Crippen LogP) is 12.5. The van der Waals surface area contributed by atoms with Crippen LogP contribution in [0.4, 0.5) is 0 Å². The number of allylic oxidation sites excluding steroid dienone is 2. The van der Waals surface area contributed by atoms with E-state index in [1.54, 1.807) is 12.8 Å². The van der Waals surface area contributed by atoms with Gasteiger partial charge in [-0.3, -0.25) is 0 Å². The summed E-state index contributed by atoms with van der Waals surface area (Å²) >= 11 is 0. The first-order valence-electron chi connectivity index (χ1n) is 19.2. The van der Waals surface area contributed by atoms with Gasteiger partial charge < -0.3 is 4.74 Å². The molecule has 236 valence electrons. The highest BCUT2D eigenvalue weighted by atomic mass is 16.5. The lowest BCUT2D eigenvalue weighted by Crippen LogP contribution is -2.26. The Morgan fingerprint density at radius 1 is 0.488 bits per heavy atom. The van der Waals surface area contributed by atoms with Crippen LogP contribution in [0.5, 0.6) is 0 Å². The van der Waals surface area contributed by atoms with Crippen molar-refractivity contribution in [1.82, 2.24) is 0 Å².